The molecule has 4 aromatic rings. The molecule has 3 aromatic carbocycles. The number of nitrogens with one attached hydrogen (secondary N) is 2. The van der Waals surface area contributed by atoms with Gasteiger partial charge < -0.3 is 10.3 Å². The minimum Gasteiger partial charge on any atom is -0.360 e. The summed E-state index contributed by atoms with van der Waals surface area (Å²) in [7, 11) is -3.88. The number of benzene rings is 3. The molecular weight excluding hydrogens is 474 g/mol. The number of sulfonamides is 1. The van der Waals surface area contributed by atoms with E-state index >= 15 is 0 Å². The molecule has 172 valence electrons. The number of amides is 1. The predicted molar refractivity (Wildman–Crippen MR) is 132 cm³/mol. The number of H-pyrrole nitrogens is 1. The number of rotatable bonds is 5. The number of pyridine rings is 1. The summed E-state index contributed by atoms with van der Waals surface area (Å²) in [6.45, 7) is 0.485. The summed E-state index contributed by atoms with van der Waals surface area (Å²) in [6, 6.07) is 18.8. The highest BCUT2D eigenvalue weighted by molar-refractivity contribution is 7.92. The van der Waals surface area contributed by atoms with Gasteiger partial charge in [-0.2, -0.15) is 0 Å². The van der Waals surface area contributed by atoms with E-state index in [1.165, 1.54) is 28.7 Å². The molecule has 0 unspecified atom stereocenters. The fourth-order valence-electron chi connectivity index (χ4n) is 4.12. The molecule has 1 aromatic heterocycles. The Hall–Kier alpha value is -3.62. The molecule has 1 aliphatic heterocycles. The number of carbonyl (C=O) groups excluding carboxylic acids is 1. The fraction of sp³-hybridized carbons (Fsp3) is 0.120. The van der Waals surface area contributed by atoms with Crippen LogP contribution in [0.15, 0.2) is 82.6 Å². The first-order valence-electron chi connectivity index (χ1n) is 10.6. The lowest BCUT2D eigenvalue weighted by Crippen LogP contribution is -2.30. The summed E-state index contributed by atoms with van der Waals surface area (Å²) >= 11 is 6.13. The highest BCUT2D eigenvalue weighted by Gasteiger charge is 2.31. The van der Waals surface area contributed by atoms with Crippen LogP contribution in [0.4, 0.5) is 5.69 Å². The number of halogens is 1. The van der Waals surface area contributed by atoms with E-state index in [0.717, 1.165) is 5.56 Å². The number of carbonyl (C=O) groups is 1. The Kier molecular flexibility index (Phi) is 5.63. The minimum absolute atomic E-state index is 0.00386. The van der Waals surface area contributed by atoms with Gasteiger partial charge in [0.2, 0.25) is 5.43 Å². The SMILES string of the molecule is O=C(NCc1ccccc1Cl)c1c[nH]c2ccc(S(=O)(=O)N3CCc4ccccc43)cc2c1=O. The zero-order valence-electron chi connectivity index (χ0n) is 17.9. The number of fused-ring (bicyclic) bond motifs is 2. The van der Waals surface area contributed by atoms with E-state index in [-0.39, 0.29) is 22.4 Å². The number of hydrogen-bond donors (Lipinski definition) is 2. The van der Waals surface area contributed by atoms with Crippen molar-refractivity contribution in [3.63, 3.8) is 0 Å². The van der Waals surface area contributed by atoms with Crippen LogP contribution in [0, 0.1) is 0 Å². The van der Waals surface area contributed by atoms with Gasteiger partial charge >= 0.3 is 0 Å². The molecular formula is C25H20ClN3O4S. The molecule has 7 nitrogen and oxygen atoms in total. The van der Waals surface area contributed by atoms with Crippen molar-refractivity contribution >= 4 is 44.1 Å². The van der Waals surface area contributed by atoms with Crippen molar-refractivity contribution in [3.05, 3.63) is 105 Å². The maximum Gasteiger partial charge on any atom is 0.264 e. The van der Waals surface area contributed by atoms with E-state index in [4.69, 9.17) is 11.6 Å². The molecule has 0 bridgehead atoms. The summed E-state index contributed by atoms with van der Waals surface area (Å²) < 4.78 is 28.1. The molecule has 34 heavy (non-hydrogen) atoms. The number of hydrogen-bond acceptors (Lipinski definition) is 4. The van der Waals surface area contributed by atoms with Crippen LogP contribution in [0.3, 0.4) is 0 Å². The van der Waals surface area contributed by atoms with Crippen molar-refractivity contribution in [2.45, 2.75) is 17.9 Å². The van der Waals surface area contributed by atoms with Crippen LogP contribution in [0.5, 0.6) is 0 Å². The molecule has 2 N–H and O–H groups in total. The molecule has 0 spiro atoms. The van der Waals surface area contributed by atoms with Gasteiger partial charge in [0.25, 0.3) is 15.9 Å². The first-order chi connectivity index (χ1) is 16.4. The Morgan fingerprint density at radius 3 is 2.65 bits per heavy atom. The van der Waals surface area contributed by atoms with E-state index < -0.39 is 21.4 Å². The van der Waals surface area contributed by atoms with Crippen LogP contribution in [-0.2, 0) is 23.0 Å². The van der Waals surface area contributed by atoms with Gasteiger partial charge in [-0.1, -0.05) is 48.0 Å². The molecule has 1 amide bonds. The summed E-state index contributed by atoms with van der Waals surface area (Å²) in [6.07, 6.45) is 1.96. The topological polar surface area (TPSA) is 99.3 Å². The molecule has 0 saturated heterocycles. The molecule has 0 aliphatic carbocycles. The molecule has 5 rings (SSSR count). The van der Waals surface area contributed by atoms with Crippen molar-refractivity contribution in [3.8, 4) is 0 Å². The van der Waals surface area contributed by atoms with E-state index in [0.29, 0.717) is 34.8 Å². The van der Waals surface area contributed by atoms with Gasteiger partial charge in [-0.3, -0.25) is 13.9 Å². The van der Waals surface area contributed by atoms with Gasteiger partial charge in [0.05, 0.1) is 10.6 Å². The summed E-state index contributed by atoms with van der Waals surface area (Å²) in [4.78, 5) is 28.8. The third kappa shape index (κ3) is 3.85. The fourth-order valence-corrected chi connectivity index (χ4v) is 5.86. The summed E-state index contributed by atoms with van der Waals surface area (Å²) in [5.74, 6) is -0.579. The molecule has 1 aliphatic rings. The van der Waals surface area contributed by atoms with Crippen molar-refractivity contribution in [1.29, 1.82) is 0 Å². The second-order valence-electron chi connectivity index (χ2n) is 7.97. The average molecular weight is 494 g/mol. The Balaban J connectivity index is 1.48. The van der Waals surface area contributed by atoms with Gasteiger partial charge in [0.1, 0.15) is 5.56 Å². The van der Waals surface area contributed by atoms with Crippen LogP contribution in [0.1, 0.15) is 21.5 Å². The molecule has 0 saturated carbocycles. The van der Waals surface area contributed by atoms with Crippen molar-refractivity contribution in [1.82, 2.24) is 10.3 Å². The van der Waals surface area contributed by atoms with E-state index in [9.17, 15) is 18.0 Å². The van der Waals surface area contributed by atoms with Crippen LogP contribution in [0.25, 0.3) is 10.9 Å². The number of aromatic amines is 1. The summed E-state index contributed by atoms with van der Waals surface area (Å²) in [5, 5.41) is 3.32. The lowest BCUT2D eigenvalue weighted by atomic mass is 10.1. The van der Waals surface area contributed by atoms with Gasteiger partial charge in [0, 0.05) is 35.2 Å². The Labute approximate surface area is 201 Å². The molecule has 2 heterocycles. The van der Waals surface area contributed by atoms with Gasteiger partial charge in [-0.05, 0) is 47.9 Å². The second kappa shape index (κ2) is 8.62. The standard InChI is InChI=1S/C25H20ClN3O4S/c26-21-7-3-1-6-17(21)14-28-25(31)20-15-27-22-10-9-18(13-19(22)24(20)30)34(32,33)29-12-11-16-5-2-4-8-23(16)29/h1-10,13,15H,11-12,14H2,(H,27,30)(H,28,31). The highest BCUT2D eigenvalue weighted by atomic mass is 35.5. The lowest BCUT2D eigenvalue weighted by molar-refractivity contribution is 0.0949. The third-order valence-corrected chi connectivity index (χ3v) is 8.10. The van der Waals surface area contributed by atoms with Crippen LogP contribution < -0.4 is 15.1 Å². The monoisotopic (exact) mass is 493 g/mol. The maximum atomic E-state index is 13.4. The molecule has 9 heteroatoms. The summed E-state index contributed by atoms with van der Waals surface area (Å²) in [5.41, 5.74) is 2.10. The maximum absolute atomic E-state index is 13.4. The van der Waals surface area contributed by atoms with Crippen molar-refractivity contribution in [2.75, 3.05) is 10.8 Å². The van der Waals surface area contributed by atoms with Crippen molar-refractivity contribution < 1.29 is 13.2 Å². The smallest absolute Gasteiger partial charge is 0.264 e. The third-order valence-electron chi connectivity index (χ3n) is 5.93. The van der Waals surface area contributed by atoms with Crippen molar-refractivity contribution in [2.24, 2.45) is 0 Å². The van der Waals surface area contributed by atoms with Crippen LogP contribution in [0.2, 0.25) is 5.02 Å². The first kappa shape index (κ1) is 22.2. The lowest BCUT2D eigenvalue weighted by Gasteiger charge is -2.19. The number of anilines is 1. The number of aromatic nitrogens is 1. The molecule has 0 fully saturated rings. The predicted octanol–water partition coefficient (Wildman–Crippen LogP) is 3.86. The number of nitrogens with zero attached hydrogens (tertiary/aromatic N) is 1. The number of para-hydroxylation sites is 1. The largest absolute Gasteiger partial charge is 0.360 e. The Morgan fingerprint density at radius 1 is 1.06 bits per heavy atom. The Bertz CT molecular complexity index is 1600. The molecule has 0 atom stereocenters. The van der Waals surface area contributed by atoms with Gasteiger partial charge in [-0.15, -0.1) is 0 Å². The minimum atomic E-state index is -3.88. The highest BCUT2D eigenvalue weighted by Crippen LogP contribution is 2.33. The van der Waals surface area contributed by atoms with Gasteiger partial charge in [-0.25, -0.2) is 8.42 Å². The zero-order valence-corrected chi connectivity index (χ0v) is 19.5. The second-order valence-corrected chi connectivity index (χ2v) is 10.2. The first-order valence-corrected chi connectivity index (χ1v) is 12.5. The normalized spacial score (nSPS) is 13.1. The molecule has 0 radical (unpaired) electrons. The zero-order chi connectivity index (χ0) is 23.9. The van der Waals surface area contributed by atoms with E-state index in [1.807, 2.05) is 12.1 Å². The van der Waals surface area contributed by atoms with Crippen LogP contribution in [-0.4, -0.2) is 25.9 Å². The average Bonchev–Trinajstić information content (AvgIpc) is 3.28. The van der Waals surface area contributed by atoms with E-state index in [1.54, 1.807) is 36.4 Å². The quantitative estimate of drug-likeness (QED) is 0.441. The van der Waals surface area contributed by atoms with Gasteiger partial charge in [0.15, 0.2) is 0 Å². The van der Waals surface area contributed by atoms with E-state index in [2.05, 4.69) is 10.3 Å². The Morgan fingerprint density at radius 2 is 1.82 bits per heavy atom. The van der Waals surface area contributed by atoms with Crippen LogP contribution >= 0.6 is 11.6 Å².